The van der Waals surface area contributed by atoms with Crippen molar-refractivity contribution in [3.8, 4) is 5.75 Å². The summed E-state index contributed by atoms with van der Waals surface area (Å²) in [5, 5.41) is 19.7. The normalized spacial score (nSPS) is 13.4. The van der Waals surface area contributed by atoms with Crippen LogP contribution < -0.4 is 5.73 Å². The molecule has 4 heteroatoms. The number of aliphatic hydroxyl groups excluding tert-OH is 1. The van der Waals surface area contributed by atoms with Crippen LogP contribution in [0.5, 0.6) is 5.75 Å². The van der Waals surface area contributed by atoms with Crippen LogP contribution in [-0.2, 0) is 17.6 Å². The van der Waals surface area contributed by atoms with Crippen molar-refractivity contribution in [2.24, 2.45) is 11.7 Å². The Kier molecular flexibility index (Phi) is 6.18. The Morgan fingerprint density at radius 3 is 2.39 bits per heavy atom. The lowest BCUT2D eigenvalue weighted by Crippen LogP contribution is -2.29. The zero-order chi connectivity index (χ0) is 16.7. The highest BCUT2D eigenvalue weighted by Crippen LogP contribution is 2.19. The molecule has 0 spiro atoms. The fourth-order valence-electron chi connectivity index (χ4n) is 2.69. The number of aliphatic hydroxyl groups is 1. The van der Waals surface area contributed by atoms with Gasteiger partial charge in [-0.3, -0.25) is 4.79 Å². The summed E-state index contributed by atoms with van der Waals surface area (Å²) in [5.74, 6) is -0.704. The van der Waals surface area contributed by atoms with E-state index in [4.69, 9.17) is 5.73 Å². The molecule has 0 saturated carbocycles. The number of amides is 1. The average Bonchev–Trinajstić information content (AvgIpc) is 2.53. The van der Waals surface area contributed by atoms with Gasteiger partial charge in [0.25, 0.3) is 0 Å². The van der Waals surface area contributed by atoms with Crippen LogP contribution in [0, 0.1) is 5.92 Å². The number of rotatable bonds is 8. The number of carbonyl (C=O) groups excluding carboxylic acids is 1. The van der Waals surface area contributed by atoms with E-state index in [1.54, 1.807) is 18.2 Å². The van der Waals surface area contributed by atoms with Gasteiger partial charge in [0.2, 0.25) is 5.91 Å². The molecular formula is C19H23NO3. The van der Waals surface area contributed by atoms with E-state index >= 15 is 0 Å². The fourth-order valence-corrected chi connectivity index (χ4v) is 2.69. The van der Waals surface area contributed by atoms with E-state index in [1.165, 1.54) is 0 Å². The summed E-state index contributed by atoms with van der Waals surface area (Å²) in [6, 6.07) is 16.7. The molecule has 0 saturated heterocycles. The molecule has 4 nitrogen and oxygen atoms in total. The van der Waals surface area contributed by atoms with Crippen LogP contribution in [0.15, 0.2) is 54.6 Å². The van der Waals surface area contributed by atoms with Crippen molar-refractivity contribution in [2.75, 3.05) is 0 Å². The third kappa shape index (κ3) is 5.75. The molecule has 0 radical (unpaired) electrons. The molecule has 2 aromatic carbocycles. The zero-order valence-electron chi connectivity index (χ0n) is 13.1. The van der Waals surface area contributed by atoms with E-state index in [0.717, 1.165) is 17.5 Å². The summed E-state index contributed by atoms with van der Waals surface area (Å²) in [7, 11) is 0. The van der Waals surface area contributed by atoms with Gasteiger partial charge in [-0.05, 0) is 48.9 Å². The number of carbonyl (C=O) groups is 1. The van der Waals surface area contributed by atoms with Crippen LogP contribution in [-0.4, -0.2) is 22.2 Å². The van der Waals surface area contributed by atoms with E-state index in [9.17, 15) is 15.0 Å². The Morgan fingerprint density at radius 1 is 1.04 bits per heavy atom. The maximum atomic E-state index is 11.6. The van der Waals surface area contributed by atoms with Gasteiger partial charge in [0.1, 0.15) is 5.75 Å². The van der Waals surface area contributed by atoms with Crippen molar-refractivity contribution >= 4 is 5.91 Å². The second-order valence-corrected chi connectivity index (χ2v) is 5.89. The van der Waals surface area contributed by atoms with Crippen LogP contribution in [0.1, 0.15) is 24.0 Å². The van der Waals surface area contributed by atoms with Gasteiger partial charge in [-0.15, -0.1) is 0 Å². The van der Waals surface area contributed by atoms with Crippen LogP contribution >= 0.6 is 0 Å². The van der Waals surface area contributed by atoms with Crippen molar-refractivity contribution in [3.05, 3.63) is 65.7 Å². The first-order chi connectivity index (χ1) is 11.0. The minimum Gasteiger partial charge on any atom is -0.508 e. The lowest BCUT2D eigenvalue weighted by molar-refractivity contribution is -0.122. The van der Waals surface area contributed by atoms with Crippen LogP contribution in [0.2, 0.25) is 0 Å². The second-order valence-electron chi connectivity index (χ2n) is 5.89. The van der Waals surface area contributed by atoms with E-state index in [2.05, 4.69) is 0 Å². The summed E-state index contributed by atoms with van der Waals surface area (Å²) >= 11 is 0. The van der Waals surface area contributed by atoms with E-state index < -0.39 is 17.9 Å². The Labute approximate surface area is 136 Å². The molecule has 0 aliphatic rings. The highest BCUT2D eigenvalue weighted by Gasteiger charge is 2.20. The molecule has 2 rings (SSSR count). The Balaban J connectivity index is 1.89. The third-order valence-corrected chi connectivity index (χ3v) is 3.96. The lowest BCUT2D eigenvalue weighted by Gasteiger charge is -2.18. The van der Waals surface area contributed by atoms with Gasteiger partial charge < -0.3 is 15.9 Å². The van der Waals surface area contributed by atoms with Gasteiger partial charge in [0.05, 0.1) is 6.10 Å². The molecule has 0 aromatic heterocycles. The van der Waals surface area contributed by atoms with E-state index in [-0.39, 0.29) is 5.75 Å². The summed E-state index contributed by atoms with van der Waals surface area (Å²) in [6.45, 7) is 0. The summed E-state index contributed by atoms with van der Waals surface area (Å²) in [6.07, 6.45) is 1.53. The minimum atomic E-state index is -0.579. The van der Waals surface area contributed by atoms with Crippen LogP contribution in [0.25, 0.3) is 0 Å². The largest absolute Gasteiger partial charge is 0.508 e. The number of primary amides is 1. The van der Waals surface area contributed by atoms with Crippen LogP contribution in [0.3, 0.4) is 0 Å². The van der Waals surface area contributed by atoms with Crippen LogP contribution in [0.4, 0.5) is 0 Å². The van der Waals surface area contributed by atoms with E-state index in [1.807, 2.05) is 36.4 Å². The van der Waals surface area contributed by atoms with Crippen molar-refractivity contribution in [1.29, 1.82) is 0 Å². The van der Waals surface area contributed by atoms with Gasteiger partial charge in [0, 0.05) is 5.92 Å². The summed E-state index contributed by atoms with van der Waals surface area (Å²) in [5.41, 5.74) is 7.46. The first-order valence-electron chi connectivity index (χ1n) is 7.84. The molecule has 4 N–H and O–H groups in total. The van der Waals surface area contributed by atoms with Gasteiger partial charge in [-0.2, -0.15) is 0 Å². The maximum Gasteiger partial charge on any atom is 0.220 e. The molecule has 23 heavy (non-hydrogen) atoms. The summed E-state index contributed by atoms with van der Waals surface area (Å²) in [4.78, 5) is 11.6. The standard InChI is InChI=1S/C19H23NO3/c20-19(23)16(11-15-7-4-8-17(21)12-15)13-18(22)10-9-14-5-2-1-3-6-14/h1-8,12,16,18,21-22H,9-11,13H2,(H2,20,23). The molecular weight excluding hydrogens is 290 g/mol. The zero-order valence-corrected chi connectivity index (χ0v) is 13.1. The smallest absolute Gasteiger partial charge is 0.220 e. The molecule has 2 aromatic rings. The number of hydrogen-bond donors (Lipinski definition) is 3. The number of phenolic OH excluding ortho intramolecular Hbond substituents is 1. The number of aryl methyl sites for hydroxylation is 1. The van der Waals surface area contributed by atoms with Crippen molar-refractivity contribution < 1.29 is 15.0 Å². The average molecular weight is 313 g/mol. The number of nitrogens with two attached hydrogens (primary N) is 1. The van der Waals surface area contributed by atoms with E-state index in [0.29, 0.717) is 19.3 Å². The number of aromatic hydroxyl groups is 1. The summed E-state index contributed by atoms with van der Waals surface area (Å²) < 4.78 is 0. The molecule has 0 aliphatic carbocycles. The first-order valence-corrected chi connectivity index (χ1v) is 7.84. The monoisotopic (exact) mass is 313 g/mol. The molecule has 0 bridgehead atoms. The van der Waals surface area contributed by atoms with Gasteiger partial charge in [0.15, 0.2) is 0 Å². The molecule has 122 valence electrons. The molecule has 2 unspecified atom stereocenters. The van der Waals surface area contributed by atoms with Gasteiger partial charge in [-0.1, -0.05) is 42.5 Å². The number of phenols is 1. The van der Waals surface area contributed by atoms with Gasteiger partial charge in [-0.25, -0.2) is 0 Å². The third-order valence-electron chi connectivity index (χ3n) is 3.96. The minimum absolute atomic E-state index is 0.162. The van der Waals surface area contributed by atoms with Gasteiger partial charge >= 0.3 is 0 Å². The Bertz CT molecular complexity index is 628. The predicted octanol–water partition coefficient (Wildman–Crippen LogP) is 2.42. The van der Waals surface area contributed by atoms with Crippen molar-refractivity contribution in [2.45, 2.75) is 31.8 Å². The molecule has 0 fully saturated rings. The lowest BCUT2D eigenvalue weighted by atomic mass is 9.91. The maximum absolute atomic E-state index is 11.6. The first kappa shape index (κ1) is 17.0. The molecule has 1 amide bonds. The van der Waals surface area contributed by atoms with Crippen molar-refractivity contribution in [1.82, 2.24) is 0 Å². The highest BCUT2D eigenvalue weighted by molar-refractivity contribution is 5.77. The number of benzene rings is 2. The SMILES string of the molecule is NC(=O)C(Cc1cccc(O)c1)CC(O)CCc1ccccc1. The second kappa shape index (κ2) is 8.34. The molecule has 0 heterocycles. The molecule has 0 aliphatic heterocycles. The predicted molar refractivity (Wildman–Crippen MR) is 89.9 cm³/mol. The Hall–Kier alpha value is -2.33. The highest BCUT2D eigenvalue weighted by atomic mass is 16.3. The molecule has 2 atom stereocenters. The fraction of sp³-hybridized carbons (Fsp3) is 0.316. The number of hydrogen-bond acceptors (Lipinski definition) is 3. The quantitative estimate of drug-likeness (QED) is 0.700. The Morgan fingerprint density at radius 2 is 1.74 bits per heavy atom. The van der Waals surface area contributed by atoms with Crippen molar-refractivity contribution in [3.63, 3.8) is 0 Å². The topological polar surface area (TPSA) is 83.6 Å².